The summed E-state index contributed by atoms with van der Waals surface area (Å²) in [6.45, 7) is 3.79. The van der Waals surface area contributed by atoms with Crippen LogP contribution in [0.25, 0.3) is 0 Å². The average Bonchev–Trinajstić information content (AvgIpc) is 3.04. The Labute approximate surface area is 131 Å². The number of carboxylic acid groups (broad SMARTS) is 1. The molecule has 0 atom stereocenters. The van der Waals surface area contributed by atoms with E-state index >= 15 is 0 Å². The molecule has 2 rings (SSSR count). The fourth-order valence-electron chi connectivity index (χ4n) is 2.52. The van der Waals surface area contributed by atoms with Gasteiger partial charge >= 0.3 is 5.97 Å². The Hall–Kier alpha value is -1.12. The van der Waals surface area contributed by atoms with Gasteiger partial charge in [0.05, 0.1) is 0 Å². The van der Waals surface area contributed by atoms with E-state index in [4.69, 9.17) is 9.52 Å². The Kier molecular flexibility index (Phi) is 4.90. The van der Waals surface area contributed by atoms with Gasteiger partial charge in [-0.05, 0) is 28.8 Å². The molecule has 1 aromatic rings. The maximum absolute atomic E-state index is 12.8. The van der Waals surface area contributed by atoms with Crippen LogP contribution < -0.4 is 0 Å². The third kappa shape index (κ3) is 3.22. The Morgan fingerprint density at radius 2 is 2.14 bits per heavy atom. The van der Waals surface area contributed by atoms with Crippen molar-refractivity contribution in [2.45, 2.75) is 36.6 Å². The molecule has 0 aromatic carbocycles. The predicted octanol–water partition coefficient (Wildman–Crippen LogP) is 2.86. The average molecular weight is 378 g/mol. The van der Waals surface area contributed by atoms with E-state index in [0.717, 1.165) is 31.7 Å². The van der Waals surface area contributed by atoms with E-state index in [-0.39, 0.29) is 22.2 Å². The normalized spacial score (nSPS) is 16.5. The van der Waals surface area contributed by atoms with Crippen molar-refractivity contribution >= 4 is 31.9 Å². The van der Waals surface area contributed by atoms with Crippen molar-refractivity contribution in [1.82, 2.24) is 4.31 Å². The fourth-order valence-corrected chi connectivity index (χ4v) is 5.08. The zero-order valence-electron chi connectivity index (χ0n) is 11.3. The Balaban J connectivity index is 2.42. The van der Waals surface area contributed by atoms with Gasteiger partial charge in [-0.25, -0.2) is 13.2 Å². The van der Waals surface area contributed by atoms with E-state index in [1.165, 1.54) is 10.4 Å². The topological polar surface area (TPSA) is 87.8 Å². The van der Waals surface area contributed by atoms with Gasteiger partial charge in [-0.15, -0.1) is 6.58 Å². The molecule has 1 aromatic heterocycles. The summed E-state index contributed by atoms with van der Waals surface area (Å²) >= 11 is 2.99. The van der Waals surface area contributed by atoms with Gasteiger partial charge in [0.15, 0.2) is 4.67 Å². The van der Waals surface area contributed by atoms with Crippen molar-refractivity contribution < 1.29 is 22.7 Å². The minimum absolute atomic E-state index is 0.0805. The molecule has 21 heavy (non-hydrogen) atoms. The highest BCUT2D eigenvalue weighted by Crippen LogP contribution is 2.33. The molecule has 1 fully saturated rings. The van der Waals surface area contributed by atoms with Gasteiger partial charge in [0.2, 0.25) is 15.8 Å². The van der Waals surface area contributed by atoms with Crippen molar-refractivity contribution in [2.24, 2.45) is 0 Å². The largest absolute Gasteiger partial charge is 0.475 e. The molecular weight excluding hydrogens is 362 g/mol. The van der Waals surface area contributed by atoms with Crippen LogP contribution in [0, 0.1) is 0 Å². The highest BCUT2D eigenvalue weighted by molar-refractivity contribution is 9.10. The first-order valence-electron chi connectivity index (χ1n) is 6.53. The quantitative estimate of drug-likeness (QED) is 0.769. The lowest BCUT2D eigenvalue weighted by molar-refractivity contribution is 0.0661. The molecule has 1 saturated carbocycles. The summed E-state index contributed by atoms with van der Waals surface area (Å²) in [6, 6.07) is 0.954. The number of aromatic carboxylic acids is 1. The summed E-state index contributed by atoms with van der Waals surface area (Å²) < 4.78 is 31.7. The van der Waals surface area contributed by atoms with Crippen LogP contribution in [0.2, 0.25) is 0 Å². The van der Waals surface area contributed by atoms with Crippen molar-refractivity contribution in [3.8, 4) is 0 Å². The van der Waals surface area contributed by atoms with Crippen LogP contribution >= 0.6 is 15.9 Å². The number of halogens is 1. The molecule has 0 bridgehead atoms. The lowest BCUT2D eigenvalue weighted by Crippen LogP contribution is -2.38. The van der Waals surface area contributed by atoms with Gasteiger partial charge in [0, 0.05) is 18.7 Å². The second kappa shape index (κ2) is 6.33. The first kappa shape index (κ1) is 16.3. The summed E-state index contributed by atoms with van der Waals surface area (Å²) in [6.07, 6.45) is 5.10. The monoisotopic (exact) mass is 377 g/mol. The number of furan rings is 1. The van der Waals surface area contributed by atoms with Crippen molar-refractivity contribution in [3.63, 3.8) is 0 Å². The molecule has 0 aliphatic heterocycles. The van der Waals surface area contributed by atoms with E-state index in [1.807, 2.05) is 0 Å². The summed E-state index contributed by atoms with van der Waals surface area (Å²) in [5.41, 5.74) is 0. The summed E-state index contributed by atoms with van der Waals surface area (Å²) in [5, 5.41) is 8.90. The standard InChI is InChI=1S/C13H16BrNO5S/c1-2-7-15(9-5-3-4-6-9)21(18,19)11-8-10(13(16)17)20-12(11)14/h2,8-9H,1,3-7H2,(H,16,17). The first-order chi connectivity index (χ1) is 9.87. The van der Waals surface area contributed by atoms with Gasteiger partial charge < -0.3 is 9.52 Å². The fraction of sp³-hybridized carbons (Fsp3) is 0.462. The lowest BCUT2D eigenvalue weighted by atomic mass is 10.2. The molecule has 0 radical (unpaired) electrons. The summed E-state index contributed by atoms with van der Waals surface area (Å²) in [5.74, 6) is -1.72. The van der Waals surface area contributed by atoms with E-state index < -0.39 is 21.8 Å². The molecule has 1 heterocycles. The highest BCUT2D eigenvalue weighted by Gasteiger charge is 2.35. The number of carboxylic acids is 1. The molecule has 1 N–H and O–H groups in total. The molecule has 8 heteroatoms. The maximum Gasteiger partial charge on any atom is 0.371 e. The van der Waals surface area contributed by atoms with Gasteiger partial charge in [-0.1, -0.05) is 18.9 Å². The molecule has 116 valence electrons. The summed E-state index contributed by atoms with van der Waals surface area (Å²) in [7, 11) is -3.83. The zero-order chi connectivity index (χ0) is 15.6. The highest BCUT2D eigenvalue weighted by atomic mass is 79.9. The summed E-state index contributed by atoms with van der Waals surface area (Å²) in [4.78, 5) is 10.7. The third-order valence-corrected chi connectivity index (χ3v) is 6.27. The Morgan fingerprint density at radius 1 is 1.52 bits per heavy atom. The predicted molar refractivity (Wildman–Crippen MR) is 79.7 cm³/mol. The molecular formula is C13H16BrNO5S. The van der Waals surface area contributed by atoms with Crippen molar-refractivity contribution in [3.05, 3.63) is 29.2 Å². The van der Waals surface area contributed by atoms with E-state index in [9.17, 15) is 13.2 Å². The van der Waals surface area contributed by atoms with Crippen LogP contribution in [0.3, 0.4) is 0 Å². The first-order valence-corrected chi connectivity index (χ1v) is 8.76. The third-order valence-electron chi connectivity index (χ3n) is 3.49. The number of nitrogens with zero attached hydrogens (tertiary/aromatic N) is 1. The van der Waals surface area contributed by atoms with E-state index in [0.29, 0.717) is 0 Å². The molecule has 1 aliphatic rings. The number of sulfonamides is 1. The molecule has 0 spiro atoms. The van der Waals surface area contributed by atoms with Gasteiger partial charge in [-0.2, -0.15) is 4.31 Å². The number of carbonyl (C=O) groups is 1. The molecule has 6 nitrogen and oxygen atoms in total. The molecule has 0 amide bonds. The minimum atomic E-state index is -3.83. The number of rotatable bonds is 6. The number of hydrogen-bond donors (Lipinski definition) is 1. The Bertz CT molecular complexity index is 646. The van der Waals surface area contributed by atoms with Crippen molar-refractivity contribution in [2.75, 3.05) is 6.54 Å². The SMILES string of the molecule is C=CCN(C1CCCC1)S(=O)(=O)c1cc(C(=O)O)oc1Br. The van der Waals surface area contributed by atoms with Gasteiger partial charge in [-0.3, -0.25) is 0 Å². The second-order valence-electron chi connectivity index (χ2n) is 4.86. The van der Waals surface area contributed by atoms with Crippen molar-refractivity contribution in [1.29, 1.82) is 0 Å². The Morgan fingerprint density at radius 3 is 2.62 bits per heavy atom. The zero-order valence-corrected chi connectivity index (χ0v) is 13.7. The van der Waals surface area contributed by atoms with Crippen LogP contribution in [0.15, 0.2) is 32.7 Å². The van der Waals surface area contributed by atoms with Gasteiger partial charge in [0.25, 0.3) is 0 Å². The second-order valence-corrected chi connectivity index (χ2v) is 7.43. The maximum atomic E-state index is 12.8. The van der Waals surface area contributed by atoms with Crippen LogP contribution in [0.1, 0.15) is 36.2 Å². The molecule has 0 unspecified atom stereocenters. The molecule has 0 saturated heterocycles. The van der Waals surface area contributed by atoms with Crippen LogP contribution in [-0.4, -0.2) is 36.4 Å². The van der Waals surface area contributed by atoms with Crippen LogP contribution in [-0.2, 0) is 10.0 Å². The van der Waals surface area contributed by atoms with E-state index in [2.05, 4.69) is 22.5 Å². The van der Waals surface area contributed by atoms with Crippen LogP contribution in [0.5, 0.6) is 0 Å². The van der Waals surface area contributed by atoms with E-state index in [1.54, 1.807) is 0 Å². The smallest absolute Gasteiger partial charge is 0.371 e. The van der Waals surface area contributed by atoms with Crippen LogP contribution in [0.4, 0.5) is 0 Å². The minimum Gasteiger partial charge on any atom is -0.475 e. The lowest BCUT2D eigenvalue weighted by Gasteiger charge is -2.26. The molecule has 1 aliphatic carbocycles. The van der Waals surface area contributed by atoms with Gasteiger partial charge in [0.1, 0.15) is 4.90 Å². The number of hydrogen-bond acceptors (Lipinski definition) is 4.